The summed E-state index contributed by atoms with van der Waals surface area (Å²) in [6.07, 6.45) is 0.660. The van der Waals surface area contributed by atoms with Crippen molar-refractivity contribution in [2.45, 2.75) is 6.42 Å². The third-order valence-electron chi connectivity index (χ3n) is 1.42. The van der Waals surface area contributed by atoms with Crippen LogP contribution in [0.15, 0.2) is 21.3 Å². The van der Waals surface area contributed by atoms with Crippen LogP contribution >= 0.6 is 11.3 Å². The Morgan fingerprint density at radius 3 is 3.08 bits per heavy atom. The summed E-state index contributed by atoms with van der Waals surface area (Å²) >= 11 is 1.64. The number of thiophene rings is 1. The molecule has 5 heteroatoms. The van der Waals surface area contributed by atoms with Crippen LogP contribution in [0.25, 0.3) is 0 Å². The third kappa shape index (κ3) is 1.45. The molecule has 0 spiro atoms. The summed E-state index contributed by atoms with van der Waals surface area (Å²) in [6.45, 7) is 0. The minimum atomic E-state index is 0.195. The Labute approximate surface area is 73.0 Å². The van der Waals surface area contributed by atoms with E-state index >= 15 is 0 Å². The molecular weight excluding hydrogens is 174 g/mol. The molecule has 0 aliphatic heterocycles. The van der Waals surface area contributed by atoms with Crippen molar-refractivity contribution < 1.29 is 4.52 Å². The highest BCUT2D eigenvalue weighted by Crippen LogP contribution is 2.11. The molecule has 0 amide bonds. The Kier molecular flexibility index (Phi) is 1.79. The number of anilines is 1. The van der Waals surface area contributed by atoms with Gasteiger partial charge in [-0.25, -0.2) is 0 Å². The second-order valence-corrected chi connectivity index (χ2v) is 3.13. The van der Waals surface area contributed by atoms with E-state index in [0.717, 1.165) is 0 Å². The lowest BCUT2D eigenvalue weighted by atomic mass is 10.2. The van der Waals surface area contributed by atoms with Gasteiger partial charge in [-0.1, -0.05) is 0 Å². The fourth-order valence-electron chi connectivity index (χ4n) is 0.908. The first-order valence-corrected chi connectivity index (χ1v) is 4.38. The maximum atomic E-state index is 5.29. The molecule has 0 saturated carbocycles. The van der Waals surface area contributed by atoms with Gasteiger partial charge in [-0.3, -0.25) is 0 Å². The van der Waals surface area contributed by atoms with E-state index in [1.165, 1.54) is 5.56 Å². The highest BCUT2D eigenvalue weighted by atomic mass is 32.1. The summed E-state index contributed by atoms with van der Waals surface area (Å²) in [7, 11) is 0. The van der Waals surface area contributed by atoms with Crippen molar-refractivity contribution in [1.29, 1.82) is 0 Å². The van der Waals surface area contributed by atoms with Gasteiger partial charge < -0.3 is 10.3 Å². The third-order valence-corrected chi connectivity index (χ3v) is 2.15. The molecule has 0 saturated heterocycles. The van der Waals surface area contributed by atoms with Crippen LogP contribution in [0, 0.1) is 0 Å². The summed E-state index contributed by atoms with van der Waals surface area (Å²) in [4.78, 5) is 3.89. The highest BCUT2D eigenvalue weighted by Gasteiger charge is 2.03. The van der Waals surface area contributed by atoms with Gasteiger partial charge in [-0.05, 0) is 27.5 Å². The van der Waals surface area contributed by atoms with Gasteiger partial charge in [0, 0.05) is 0 Å². The molecule has 0 aliphatic rings. The van der Waals surface area contributed by atoms with Crippen molar-refractivity contribution in [3.63, 3.8) is 0 Å². The van der Waals surface area contributed by atoms with Gasteiger partial charge in [0.1, 0.15) is 0 Å². The van der Waals surface area contributed by atoms with Crippen LogP contribution in [0.1, 0.15) is 11.5 Å². The SMILES string of the molecule is Nc1noc(Cc2ccsc2)n1. The summed E-state index contributed by atoms with van der Waals surface area (Å²) in [5, 5.41) is 7.54. The second kappa shape index (κ2) is 2.94. The molecule has 0 atom stereocenters. The molecule has 2 aromatic heterocycles. The Hall–Kier alpha value is -1.36. The maximum absolute atomic E-state index is 5.29. The molecule has 0 fully saturated rings. The van der Waals surface area contributed by atoms with Gasteiger partial charge in [0.05, 0.1) is 6.42 Å². The van der Waals surface area contributed by atoms with Crippen LogP contribution in [-0.4, -0.2) is 10.1 Å². The van der Waals surface area contributed by atoms with Crippen molar-refractivity contribution in [3.05, 3.63) is 28.3 Å². The number of hydrogen-bond donors (Lipinski definition) is 1. The number of aromatic nitrogens is 2. The van der Waals surface area contributed by atoms with E-state index in [4.69, 9.17) is 10.3 Å². The first-order chi connectivity index (χ1) is 5.84. The predicted molar refractivity (Wildman–Crippen MR) is 45.8 cm³/mol. The molecule has 62 valence electrons. The zero-order valence-electron chi connectivity index (χ0n) is 6.23. The smallest absolute Gasteiger partial charge is 0.260 e. The maximum Gasteiger partial charge on any atom is 0.260 e. The molecule has 2 aromatic rings. The van der Waals surface area contributed by atoms with Gasteiger partial charge in [0.2, 0.25) is 5.89 Å². The molecule has 0 unspecified atom stereocenters. The Morgan fingerprint density at radius 1 is 1.58 bits per heavy atom. The number of hydrogen-bond acceptors (Lipinski definition) is 5. The van der Waals surface area contributed by atoms with Gasteiger partial charge in [-0.2, -0.15) is 16.3 Å². The lowest BCUT2D eigenvalue weighted by Gasteiger charge is -1.86. The van der Waals surface area contributed by atoms with E-state index in [0.29, 0.717) is 12.3 Å². The minimum absolute atomic E-state index is 0.195. The fourth-order valence-corrected chi connectivity index (χ4v) is 1.58. The van der Waals surface area contributed by atoms with Crippen molar-refractivity contribution >= 4 is 17.3 Å². The van der Waals surface area contributed by atoms with E-state index in [1.807, 2.05) is 16.8 Å². The van der Waals surface area contributed by atoms with E-state index in [9.17, 15) is 0 Å². The van der Waals surface area contributed by atoms with E-state index in [1.54, 1.807) is 11.3 Å². The van der Waals surface area contributed by atoms with Crippen LogP contribution < -0.4 is 5.73 Å². The van der Waals surface area contributed by atoms with Gasteiger partial charge in [0.15, 0.2) is 0 Å². The molecule has 0 bridgehead atoms. The first-order valence-electron chi connectivity index (χ1n) is 3.44. The zero-order valence-corrected chi connectivity index (χ0v) is 7.04. The predicted octanol–water partition coefficient (Wildman–Crippen LogP) is 1.30. The molecule has 2 rings (SSSR count). The van der Waals surface area contributed by atoms with Crippen LogP contribution in [0.2, 0.25) is 0 Å². The van der Waals surface area contributed by atoms with E-state index in [2.05, 4.69) is 10.1 Å². The number of nitrogen functional groups attached to an aromatic ring is 1. The van der Waals surface area contributed by atoms with Crippen LogP contribution in [-0.2, 0) is 6.42 Å². The Morgan fingerprint density at radius 2 is 2.50 bits per heavy atom. The molecule has 12 heavy (non-hydrogen) atoms. The molecule has 0 radical (unpaired) electrons. The number of rotatable bonds is 2. The standard InChI is InChI=1S/C7H7N3OS/c8-7-9-6(11-10-7)3-5-1-2-12-4-5/h1-2,4H,3H2,(H2,8,10). The zero-order chi connectivity index (χ0) is 8.39. The monoisotopic (exact) mass is 181 g/mol. The van der Waals surface area contributed by atoms with Crippen molar-refractivity contribution in [1.82, 2.24) is 10.1 Å². The second-order valence-electron chi connectivity index (χ2n) is 2.35. The lowest BCUT2D eigenvalue weighted by molar-refractivity contribution is 0.386. The number of nitrogens with zero attached hydrogens (tertiary/aromatic N) is 2. The Bertz CT molecular complexity index is 354. The summed E-state index contributed by atoms with van der Waals surface area (Å²) in [6, 6.07) is 2.02. The van der Waals surface area contributed by atoms with Crippen molar-refractivity contribution in [3.8, 4) is 0 Å². The summed E-state index contributed by atoms with van der Waals surface area (Å²) in [5.41, 5.74) is 6.46. The quantitative estimate of drug-likeness (QED) is 0.758. The molecular formula is C7H7N3OS. The van der Waals surface area contributed by atoms with Gasteiger partial charge in [0.25, 0.3) is 5.95 Å². The van der Waals surface area contributed by atoms with E-state index < -0.39 is 0 Å². The fraction of sp³-hybridized carbons (Fsp3) is 0.143. The molecule has 2 heterocycles. The summed E-state index contributed by atoms with van der Waals surface area (Å²) in [5.74, 6) is 0.756. The van der Waals surface area contributed by atoms with Crippen LogP contribution in [0.4, 0.5) is 5.95 Å². The van der Waals surface area contributed by atoms with Crippen molar-refractivity contribution in [2.24, 2.45) is 0 Å². The largest absolute Gasteiger partial charge is 0.365 e. The molecule has 0 aromatic carbocycles. The molecule has 2 N–H and O–H groups in total. The van der Waals surface area contributed by atoms with Crippen molar-refractivity contribution in [2.75, 3.05) is 5.73 Å². The minimum Gasteiger partial charge on any atom is -0.365 e. The Balaban J connectivity index is 2.14. The van der Waals surface area contributed by atoms with Crippen LogP contribution in [0.3, 0.4) is 0 Å². The van der Waals surface area contributed by atoms with E-state index in [-0.39, 0.29) is 5.95 Å². The van der Waals surface area contributed by atoms with Gasteiger partial charge in [-0.15, -0.1) is 0 Å². The molecule has 0 aliphatic carbocycles. The normalized spacial score (nSPS) is 10.3. The molecule has 4 nitrogen and oxygen atoms in total. The highest BCUT2D eigenvalue weighted by molar-refractivity contribution is 7.07. The number of nitrogens with two attached hydrogens (primary N) is 1. The summed E-state index contributed by atoms with van der Waals surface area (Å²) < 4.78 is 4.86. The van der Waals surface area contributed by atoms with Crippen LogP contribution in [0.5, 0.6) is 0 Å². The average molecular weight is 181 g/mol. The van der Waals surface area contributed by atoms with Gasteiger partial charge >= 0.3 is 0 Å². The average Bonchev–Trinajstić information content (AvgIpc) is 2.63. The lowest BCUT2D eigenvalue weighted by Crippen LogP contribution is -1.88. The first kappa shape index (κ1) is 7.30. The topological polar surface area (TPSA) is 64.9 Å².